The fourth-order valence-electron chi connectivity index (χ4n) is 8.52. The molecule has 1 N–H and O–H groups in total. The molecule has 3 aliphatic heterocycles. The van der Waals surface area contributed by atoms with Gasteiger partial charge in [0.2, 0.25) is 17.7 Å². The Kier molecular flexibility index (Phi) is 12.1. The Morgan fingerprint density at radius 3 is 2.31 bits per heavy atom. The third-order valence-electron chi connectivity index (χ3n) is 11.5. The smallest absolute Gasteiger partial charge is 0.329 e. The summed E-state index contributed by atoms with van der Waals surface area (Å²) in [6, 6.07) is 6.23. The Balaban J connectivity index is 1.25. The molecule has 10 nitrogen and oxygen atoms in total. The Morgan fingerprint density at radius 2 is 1.59 bits per heavy atom. The van der Waals surface area contributed by atoms with Crippen LogP contribution in [0.15, 0.2) is 24.3 Å². The fourth-order valence-corrected chi connectivity index (χ4v) is 8.52. The molecule has 3 saturated heterocycles. The number of likely N-dealkylation sites (N-methyl/N-ethyl adjacent to an activating group) is 2. The van der Waals surface area contributed by atoms with Crippen molar-refractivity contribution in [2.24, 2.45) is 11.3 Å². The molecule has 1 aromatic carbocycles. The van der Waals surface area contributed by atoms with E-state index in [4.69, 9.17) is 4.74 Å². The first-order valence-electron chi connectivity index (χ1n) is 18.9. The highest BCUT2D eigenvalue weighted by Gasteiger charge is 2.44. The molecule has 1 aromatic rings. The number of benzene rings is 1. The van der Waals surface area contributed by atoms with Gasteiger partial charge in [-0.25, -0.2) is 4.79 Å². The van der Waals surface area contributed by atoms with Crippen LogP contribution in [-0.2, 0) is 30.3 Å². The first-order valence-corrected chi connectivity index (χ1v) is 18.9. The average molecular weight is 680 g/mol. The van der Waals surface area contributed by atoms with E-state index in [9.17, 15) is 19.2 Å². The lowest BCUT2D eigenvalue weighted by Gasteiger charge is -2.41. The van der Waals surface area contributed by atoms with Crippen LogP contribution in [0.25, 0.3) is 0 Å². The van der Waals surface area contributed by atoms with Gasteiger partial charge in [-0.3, -0.25) is 24.2 Å². The van der Waals surface area contributed by atoms with Crippen LogP contribution in [0.4, 0.5) is 0 Å². The highest BCUT2D eigenvalue weighted by Crippen LogP contribution is 2.34. The lowest BCUT2D eigenvalue weighted by atomic mass is 9.84. The normalized spacial score (nSPS) is 26.2. The Bertz CT molecular complexity index is 1340. The van der Waals surface area contributed by atoms with Crippen molar-refractivity contribution >= 4 is 23.7 Å². The number of carbonyl (C=O) groups excluding carboxylic acids is 4. The van der Waals surface area contributed by atoms with Crippen LogP contribution in [-0.4, -0.2) is 114 Å². The number of hydrogen-bond acceptors (Lipinski definition) is 7. The number of esters is 1. The zero-order chi connectivity index (χ0) is 35.5. The maximum Gasteiger partial charge on any atom is 0.329 e. The topological polar surface area (TPSA) is 103 Å². The summed E-state index contributed by atoms with van der Waals surface area (Å²) in [5.41, 5.74) is 1.85. The van der Waals surface area contributed by atoms with Crippen molar-refractivity contribution < 1.29 is 23.9 Å². The second kappa shape index (κ2) is 15.9. The highest BCUT2D eigenvalue weighted by atomic mass is 16.5. The standard InChI is InChI=1S/C39H61N5O5/c1-26(2)32(42(7)37(47)34(39(3,4)5)40-35(45)29-18-10-11-22-41(29)6)25-43-23-13-19-30(43)36(46)44-24-14-20-31(44)38(48)49-33-21-12-16-27-15-8-9-17-28(27)33/h8-9,15,17,26,29-34H,10-14,16,18-25H2,1-7H3,(H,40,45)/t29-,30+,31?,32-,33-,34-/m1/s1. The van der Waals surface area contributed by atoms with Crippen LogP contribution in [0, 0.1) is 11.3 Å². The van der Waals surface area contributed by atoms with Crippen molar-refractivity contribution in [1.82, 2.24) is 24.9 Å². The molecule has 0 saturated carbocycles. The van der Waals surface area contributed by atoms with Gasteiger partial charge < -0.3 is 19.9 Å². The van der Waals surface area contributed by atoms with Crippen molar-refractivity contribution in [1.29, 1.82) is 0 Å². The SMILES string of the molecule is CC(C)[C@@H](CN1CCC[C@H]1C(=O)N1CCCC1C(=O)O[C@@H]1CCCc2ccccc21)N(C)C(=O)[C@@H](NC(=O)[C@H]1CCCCN1C)C(C)(C)C. The van der Waals surface area contributed by atoms with E-state index >= 15 is 0 Å². The van der Waals surface area contributed by atoms with Crippen molar-refractivity contribution in [3.05, 3.63) is 35.4 Å². The van der Waals surface area contributed by atoms with Crippen LogP contribution < -0.4 is 5.32 Å². The summed E-state index contributed by atoms with van der Waals surface area (Å²) in [6.45, 7) is 13.0. The van der Waals surface area contributed by atoms with Gasteiger partial charge in [0.1, 0.15) is 18.2 Å². The molecule has 0 aromatic heterocycles. The average Bonchev–Trinajstić information content (AvgIpc) is 3.75. The van der Waals surface area contributed by atoms with Crippen LogP contribution >= 0.6 is 0 Å². The van der Waals surface area contributed by atoms with Crippen molar-refractivity contribution in [3.8, 4) is 0 Å². The molecular formula is C39H61N5O5. The Morgan fingerprint density at radius 1 is 0.898 bits per heavy atom. The van der Waals surface area contributed by atoms with Gasteiger partial charge in [-0.1, -0.05) is 65.3 Å². The summed E-state index contributed by atoms with van der Waals surface area (Å²) in [5.74, 6) is -0.363. The molecule has 4 aliphatic rings. The van der Waals surface area contributed by atoms with E-state index in [2.05, 4.69) is 41.1 Å². The molecule has 49 heavy (non-hydrogen) atoms. The van der Waals surface area contributed by atoms with Gasteiger partial charge in [-0.05, 0) is 100 Å². The van der Waals surface area contributed by atoms with Gasteiger partial charge >= 0.3 is 5.97 Å². The lowest BCUT2D eigenvalue weighted by molar-refractivity contribution is -0.160. The summed E-state index contributed by atoms with van der Waals surface area (Å²) < 4.78 is 6.12. The third kappa shape index (κ3) is 8.50. The number of piperidine rings is 1. The van der Waals surface area contributed by atoms with Gasteiger partial charge in [0, 0.05) is 26.2 Å². The number of nitrogens with one attached hydrogen (secondary N) is 1. The predicted molar refractivity (Wildman–Crippen MR) is 191 cm³/mol. The van der Waals surface area contributed by atoms with Crippen molar-refractivity contribution in [3.63, 3.8) is 0 Å². The largest absolute Gasteiger partial charge is 0.456 e. The van der Waals surface area contributed by atoms with Crippen molar-refractivity contribution in [2.75, 3.05) is 40.3 Å². The van der Waals surface area contributed by atoms with E-state index in [0.717, 1.165) is 76.4 Å². The molecule has 1 unspecified atom stereocenters. The monoisotopic (exact) mass is 679 g/mol. The second-order valence-electron chi connectivity index (χ2n) is 16.4. The van der Waals surface area contributed by atoms with Gasteiger partial charge in [0.25, 0.3) is 0 Å². The number of hydrogen-bond donors (Lipinski definition) is 1. The molecular weight excluding hydrogens is 618 g/mol. The number of fused-ring (bicyclic) bond motifs is 1. The van der Waals surface area contributed by atoms with Gasteiger partial charge in [-0.2, -0.15) is 0 Å². The molecule has 3 heterocycles. The molecule has 5 rings (SSSR count). The number of nitrogens with zero attached hydrogens (tertiary/aromatic N) is 4. The molecule has 10 heteroatoms. The van der Waals surface area contributed by atoms with E-state index in [-0.39, 0.29) is 53.8 Å². The maximum absolute atomic E-state index is 14.2. The molecule has 0 bridgehead atoms. The third-order valence-corrected chi connectivity index (χ3v) is 11.5. The molecule has 272 valence electrons. The van der Waals surface area contributed by atoms with Crippen LogP contribution in [0.2, 0.25) is 0 Å². The van der Waals surface area contributed by atoms with Gasteiger partial charge in [0.15, 0.2) is 0 Å². The van der Waals surface area contributed by atoms with E-state index in [1.165, 1.54) is 5.56 Å². The van der Waals surface area contributed by atoms with E-state index < -0.39 is 17.5 Å². The predicted octanol–water partition coefficient (Wildman–Crippen LogP) is 4.56. The Hall–Kier alpha value is -2.98. The van der Waals surface area contributed by atoms with Crippen LogP contribution in [0.1, 0.15) is 110 Å². The minimum atomic E-state index is -0.676. The molecule has 3 amide bonds. The van der Waals surface area contributed by atoms with Crippen LogP contribution in [0.3, 0.4) is 0 Å². The van der Waals surface area contributed by atoms with Gasteiger partial charge in [-0.15, -0.1) is 0 Å². The zero-order valence-corrected chi connectivity index (χ0v) is 31.1. The molecule has 6 atom stereocenters. The second-order valence-corrected chi connectivity index (χ2v) is 16.4. The summed E-state index contributed by atoms with van der Waals surface area (Å²) in [5, 5.41) is 3.15. The summed E-state index contributed by atoms with van der Waals surface area (Å²) in [7, 11) is 3.82. The quantitative estimate of drug-likeness (QED) is 0.362. The number of rotatable bonds is 10. The fraction of sp³-hybridized carbons (Fsp3) is 0.744. The van der Waals surface area contributed by atoms with Crippen molar-refractivity contribution in [2.45, 2.75) is 135 Å². The number of amides is 3. The first-order chi connectivity index (χ1) is 23.3. The first kappa shape index (κ1) is 37.3. The Labute approximate surface area is 294 Å². The number of ether oxygens (including phenoxy) is 1. The van der Waals surface area contributed by atoms with Gasteiger partial charge in [0.05, 0.1) is 12.1 Å². The maximum atomic E-state index is 14.2. The highest BCUT2D eigenvalue weighted by molar-refractivity contribution is 5.91. The summed E-state index contributed by atoms with van der Waals surface area (Å²) in [6.07, 6.45) is 8.42. The zero-order valence-electron chi connectivity index (χ0n) is 31.1. The summed E-state index contributed by atoms with van der Waals surface area (Å²) >= 11 is 0. The minimum absolute atomic E-state index is 0.00564. The number of aryl methyl sites for hydroxylation is 1. The summed E-state index contributed by atoms with van der Waals surface area (Å²) in [4.78, 5) is 63.4. The van der Waals surface area contributed by atoms with E-state index in [1.807, 2.05) is 51.9 Å². The van der Waals surface area contributed by atoms with Crippen LogP contribution in [0.5, 0.6) is 0 Å². The number of carbonyl (C=O) groups is 4. The minimum Gasteiger partial charge on any atom is -0.456 e. The molecule has 3 fully saturated rings. The lowest BCUT2D eigenvalue weighted by Crippen LogP contribution is -2.61. The number of likely N-dealkylation sites (tertiary alicyclic amines) is 3. The molecule has 1 aliphatic carbocycles. The van der Waals surface area contributed by atoms with E-state index in [1.54, 1.807) is 4.90 Å². The molecule has 0 spiro atoms. The molecule has 0 radical (unpaired) electrons. The van der Waals surface area contributed by atoms with E-state index in [0.29, 0.717) is 19.5 Å².